The van der Waals surface area contributed by atoms with Gasteiger partial charge >= 0.3 is 12.2 Å². The summed E-state index contributed by atoms with van der Waals surface area (Å²) in [5.74, 6) is -0.411. The number of ether oxygens (including phenoxy) is 1. The van der Waals surface area contributed by atoms with Crippen molar-refractivity contribution in [1.29, 1.82) is 0 Å². The lowest BCUT2D eigenvalue weighted by Gasteiger charge is -2.21. The molecule has 0 unspecified atom stereocenters. The van der Waals surface area contributed by atoms with Gasteiger partial charge in [-0.3, -0.25) is 9.59 Å². The van der Waals surface area contributed by atoms with Gasteiger partial charge in [0.05, 0.1) is 11.4 Å². The molecule has 0 bridgehead atoms. The van der Waals surface area contributed by atoms with Crippen LogP contribution in [-0.2, 0) is 19.1 Å². The molecule has 0 fully saturated rings. The number of rotatable bonds is 12. The summed E-state index contributed by atoms with van der Waals surface area (Å²) in [4.78, 5) is 38.6. The lowest BCUT2D eigenvalue weighted by atomic mass is 10.1. The van der Waals surface area contributed by atoms with E-state index in [9.17, 15) is 14.4 Å². The SMILES string of the molecule is CSCC[C@H](SC)C(=O)N[C@@H](CCC(=O)C=[N+]=[N-])C(=O)OC(C)C. The highest BCUT2D eigenvalue weighted by atomic mass is 32.2. The molecule has 1 N–H and O–H groups in total. The lowest BCUT2D eigenvalue weighted by Crippen LogP contribution is -2.46. The smallest absolute Gasteiger partial charge is 0.328 e. The van der Waals surface area contributed by atoms with Gasteiger partial charge in [0, 0.05) is 6.42 Å². The number of carbonyl (C=O) groups excluding carboxylic acids is 3. The summed E-state index contributed by atoms with van der Waals surface area (Å²) in [5.41, 5.74) is 8.35. The van der Waals surface area contributed by atoms with E-state index in [0.717, 1.165) is 12.0 Å². The summed E-state index contributed by atoms with van der Waals surface area (Å²) < 4.78 is 5.14. The summed E-state index contributed by atoms with van der Waals surface area (Å²) in [7, 11) is 0. The molecular weight excluding hydrogens is 350 g/mol. The van der Waals surface area contributed by atoms with Gasteiger partial charge in [0.2, 0.25) is 11.7 Å². The molecule has 1 amide bonds. The van der Waals surface area contributed by atoms with E-state index in [-0.39, 0.29) is 30.1 Å². The molecule has 9 heteroatoms. The van der Waals surface area contributed by atoms with Crippen LogP contribution in [-0.4, -0.2) is 64.3 Å². The Morgan fingerprint density at radius 3 is 2.42 bits per heavy atom. The number of nitrogens with one attached hydrogen (secondary N) is 1. The molecule has 2 atom stereocenters. The molecule has 0 aliphatic carbocycles. The summed E-state index contributed by atoms with van der Waals surface area (Å²) in [5, 5.41) is 2.41. The van der Waals surface area contributed by atoms with E-state index < -0.39 is 17.8 Å². The fraction of sp³-hybridized carbons (Fsp3) is 0.733. The second-order valence-corrected chi connectivity index (χ2v) is 7.33. The van der Waals surface area contributed by atoms with Crippen molar-refractivity contribution in [2.24, 2.45) is 0 Å². The topological polar surface area (TPSA) is 109 Å². The Hall–Kier alpha value is -1.31. The summed E-state index contributed by atoms with van der Waals surface area (Å²) in [6.45, 7) is 3.42. The minimum atomic E-state index is -0.903. The zero-order valence-electron chi connectivity index (χ0n) is 14.5. The number of esters is 1. The van der Waals surface area contributed by atoms with Crippen LogP contribution in [0.15, 0.2) is 0 Å². The molecule has 0 saturated carbocycles. The second kappa shape index (κ2) is 13.0. The number of Topliss-reactive ketones (excluding diaryl/α,β-unsaturated/α-hetero) is 1. The third-order valence-corrected chi connectivity index (χ3v) is 4.66. The first-order chi connectivity index (χ1) is 11.3. The van der Waals surface area contributed by atoms with E-state index in [1.165, 1.54) is 11.8 Å². The van der Waals surface area contributed by atoms with Gasteiger partial charge in [-0.2, -0.15) is 28.3 Å². The van der Waals surface area contributed by atoms with Crippen LogP contribution in [0.25, 0.3) is 5.53 Å². The maximum atomic E-state index is 12.4. The van der Waals surface area contributed by atoms with Crippen LogP contribution < -0.4 is 5.32 Å². The van der Waals surface area contributed by atoms with Gasteiger partial charge in [0.15, 0.2) is 0 Å². The standard InChI is InChI=1S/C15H25N3O4S2/c1-10(2)22-15(21)12(6-5-11(19)9-17-16)18-14(20)13(24-4)7-8-23-3/h9-10,12-13H,5-8H2,1-4H3,(H,18,20)/t12-,13-/m0/s1. The van der Waals surface area contributed by atoms with Gasteiger partial charge in [-0.15, -0.1) is 0 Å². The molecule has 136 valence electrons. The minimum absolute atomic E-state index is 0.0308. The number of hydrogen-bond donors (Lipinski definition) is 1. The zero-order chi connectivity index (χ0) is 18.5. The van der Waals surface area contributed by atoms with Gasteiger partial charge < -0.3 is 15.6 Å². The van der Waals surface area contributed by atoms with Crippen molar-refractivity contribution in [1.82, 2.24) is 5.32 Å². The van der Waals surface area contributed by atoms with Crippen LogP contribution in [0.1, 0.15) is 33.1 Å². The first-order valence-corrected chi connectivity index (χ1v) is 10.3. The van der Waals surface area contributed by atoms with Crippen LogP contribution in [0.3, 0.4) is 0 Å². The number of ketones is 1. The molecule has 7 nitrogen and oxygen atoms in total. The van der Waals surface area contributed by atoms with E-state index in [2.05, 4.69) is 10.1 Å². The third-order valence-electron chi connectivity index (χ3n) is 3.00. The molecule has 0 aliphatic heterocycles. The largest absolute Gasteiger partial charge is 0.461 e. The third kappa shape index (κ3) is 9.75. The Balaban J connectivity index is 4.89. The molecule has 0 aromatic heterocycles. The molecular formula is C15H25N3O4S2. The van der Waals surface area contributed by atoms with Crippen molar-refractivity contribution in [2.75, 3.05) is 18.3 Å². The number of amides is 1. The molecule has 0 aliphatic rings. The van der Waals surface area contributed by atoms with E-state index >= 15 is 0 Å². The summed E-state index contributed by atoms with van der Waals surface area (Å²) in [6.07, 6.45) is 5.01. The number of carbonyl (C=O) groups is 3. The normalized spacial score (nSPS) is 12.9. The monoisotopic (exact) mass is 375 g/mol. The molecule has 0 radical (unpaired) electrons. The first-order valence-electron chi connectivity index (χ1n) is 7.58. The Morgan fingerprint density at radius 1 is 1.25 bits per heavy atom. The van der Waals surface area contributed by atoms with Crippen molar-refractivity contribution >= 4 is 47.4 Å². The van der Waals surface area contributed by atoms with Crippen LogP contribution >= 0.6 is 23.5 Å². The van der Waals surface area contributed by atoms with Gasteiger partial charge in [0.25, 0.3) is 0 Å². The van der Waals surface area contributed by atoms with Gasteiger partial charge in [-0.25, -0.2) is 4.79 Å². The number of nitrogens with zero attached hydrogens (tertiary/aromatic N) is 2. The highest BCUT2D eigenvalue weighted by Crippen LogP contribution is 2.15. The van der Waals surface area contributed by atoms with E-state index in [0.29, 0.717) is 6.42 Å². The van der Waals surface area contributed by atoms with Crippen molar-refractivity contribution in [3.05, 3.63) is 5.53 Å². The van der Waals surface area contributed by atoms with E-state index in [4.69, 9.17) is 10.3 Å². The van der Waals surface area contributed by atoms with E-state index in [1.54, 1.807) is 25.6 Å². The van der Waals surface area contributed by atoms with Gasteiger partial charge in [-0.05, 0) is 45.0 Å². The molecule has 24 heavy (non-hydrogen) atoms. The van der Waals surface area contributed by atoms with Crippen LogP contribution in [0.5, 0.6) is 0 Å². The number of hydrogen-bond acceptors (Lipinski definition) is 6. The average molecular weight is 376 g/mol. The Bertz CT molecular complexity index is 479. The second-order valence-electron chi connectivity index (χ2n) is 5.30. The van der Waals surface area contributed by atoms with Crippen molar-refractivity contribution in [2.45, 2.75) is 50.5 Å². The lowest BCUT2D eigenvalue weighted by molar-refractivity contribution is -0.151. The molecule has 0 rings (SSSR count). The Morgan fingerprint density at radius 2 is 1.92 bits per heavy atom. The molecule has 0 saturated heterocycles. The minimum Gasteiger partial charge on any atom is -0.461 e. The van der Waals surface area contributed by atoms with Crippen molar-refractivity contribution in [3.8, 4) is 0 Å². The Kier molecular flexibility index (Phi) is 12.3. The predicted molar refractivity (Wildman–Crippen MR) is 97.4 cm³/mol. The molecule has 0 heterocycles. The van der Waals surface area contributed by atoms with Crippen LogP contribution in [0.4, 0.5) is 0 Å². The van der Waals surface area contributed by atoms with Crippen molar-refractivity contribution in [3.63, 3.8) is 0 Å². The molecule has 0 spiro atoms. The summed E-state index contributed by atoms with van der Waals surface area (Å²) >= 11 is 3.07. The highest BCUT2D eigenvalue weighted by Gasteiger charge is 2.27. The zero-order valence-corrected chi connectivity index (χ0v) is 16.1. The average Bonchev–Trinajstić information content (AvgIpc) is 2.51. The molecule has 0 aromatic carbocycles. The maximum absolute atomic E-state index is 12.4. The van der Waals surface area contributed by atoms with Crippen LogP contribution in [0, 0.1) is 0 Å². The predicted octanol–water partition coefficient (Wildman–Crippen LogP) is 1.56. The first kappa shape index (κ1) is 22.7. The Labute approximate surface area is 151 Å². The van der Waals surface area contributed by atoms with Crippen LogP contribution in [0.2, 0.25) is 0 Å². The highest BCUT2D eigenvalue weighted by molar-refractivity contribution is 8.00. The summed E-state index contributed by atoms with van der Waals surface area (Å²) in [6, 6.07) is -0.903. The number of thioether (sulfide) groups is 2. The molecule has 0 aromatic rings. The quantitative estimate of drug-likeness (QED) is 0.240. The fourth-order valence-electron chi connectivity index (χ4n) is 1.82. The van der Waals surface area contributed by atoms with E-state index in [1.807, 2.05) is 12.5 Å². The van der Waals surface area contributed by atoms with Gasteiger partial charge in [0.1, 0.15) is 6.04 Å². The van der Waals surface area contributed by atoms with Gasteiger partial charge in [-0.1, -0.05) is 0 Å². The fourth-order valence-corrected chi connectivity index (χ4v) is 3.08. The van der Waals surface area contributed by atoms with Crippen molar-refractivity contribution < 1.29 is 23.9 Å². The maximum Gasteiger partial charge on any atom is 0.328 e.